The minimum atomic E-state index is 0.682. The predicted molar refractivity (Wildman–Crippen MR) is 63.4 cm³/mol. The molecule has 0 saturated carbocycles. The molecule has 4 heteroatoms. The van der Waals surface area contributed by atoms with Crippen molar-refractivity contribution >= 4 is 0 Å². The van der Waals surface area contributed by atoms with Crippen LogP contribution < -0.4 is 5.32 Å². The van der Waals surface area contributed by atoms with E-state index < -0.39 is 0 Å². The molecule has 0 bridgehead atoms. The Balaban J connectivity index is 3.08. The maximum atomic E-state index is 5.39. The summed E-state index contributed by atoms with van der Waals surface area (Å²) in [5.41, 5.74) is 0. The quantitative estimate of drug-likeness (QED) is 0.514. The van der Waals surface area contributed by atoms with Gasteiger partial charge in [0.2, 0.25) is 0 Å². The van der Waals surface area contributed by atoms with Gasteiger partial charge in [-0.05, 0) is 20.0 Å². The average molecular weight is 218 g/mol. The lowest BCUT2D eigenvalue weighted by Gasteiger charge is -2.16. The second kappa shape index (κ2) is 11.9. The van der Waals surface area contributed by atoms with E-state index in [9.17, 15) is 0 Å². The fourth-order valence-electron chi connectivity index (χ4n) is 1.15. The zero-order chi connectivity index (χ0) is 11.4. The molecule has 0 aliphatic heterocycles. The molecular formula is C11H26N2O2. The van der Waals surface area contributed by atoms with Crippen molar-refractivity contribution in [2.45, 2.75) is 13.3 Å². The smallest absolute Gasteiger partial charge is 0.0700 e. The standard InChI is InChI=1S/C11H26N2O2/c1-4-5-12-6-7-13(2)8-9-15-11-10-14-3/h12H,4-11H2,1-3H3. The Bertz CT molecular complexity index is 123. The molecule has 4 nitrogen and oxygen atoms in total. The Morgan fingerprint density at radius 3 is 2.53 bits per heavy atom. The first kappa shape index (κ1) is 14.8. The van der Waals surface area contributed by atoms with E-state index in [1.54, 1.807) is 7.11 Å². The van der Waals surface area contributed by atoms with E-state index in [4.69, 9.17) is 9.47 Å². The SMILES string of the molecule is CCCNCCN(C)CCOCCOC. The van der Waals surface area contributed by atoms with E-state index in [0.717, 1.165) is 32.8 Å². The van der Waals surface area contributed by atoms with Crippen LogP contribution in [0.3, 0.4) is 0 Å². The van der Waals surface area contributed by atoms with Crippen LogP contribution in [0, 0.1) is 0 Å². The summed E-state index contributed by atoms with van der Waals surface area (Å²) in [6.07, 6.45) is 1.20. The number of rotatable bonds is 11. The first-order valence-electron chi connectivity index (χ1n) is 5.77. The first-order valence-corrected chi connectivity index (χ1v) is 5.77. The van der Waals surface area contributed by atoms with E-state index in [-0.39, 0.29) is 0 Å². The maximum Gasteiger partial charge on any atom is 0.0700 e. The number of hydrogen-bond donors (Lipinski definition) is 1. The summed E-state index contributed by atoms with van der Waals surface area (Å²) in [6, 6.07) is 0. The molecule has 15 heavy (non-hydrogen) atoms. The molecule has 0 heterocycles. The average Bonchev–Trinajstić information content (AvgIpc) is 2.24. The van der Waals surface area contributed by atoms with Crippen molar-refractivity contribution in [2.75, 3.05) is 60.2 Å². The molecule has 0 atom stereocenters. The molecule has 1 N–H and O–H groups in total. The molecule has 0 radical (unpaired) electrons. The van der Waals surface area contributed by atoms with Gasteiger partial charge in [-0.3, -0.25) is 0 Å². The molecule has 0 unspecified atom stereocenters. The normalized spacial score (nSPS) is 11.2. The van der Waals surface area contributed by atoms with E-state index >= 15 is 0 Å². The fraction of sp³-hybridized carbons (Fsp3) is 1.00. The van der Waals surface area contributed by atoms with Crippen molar-refractivity contribution in [2.24, 2.45) is 0 Å². The number of nitrogens with zero attached hydrogens (tertiary/aromatic N) is 1. The van der Waals surface area contributed by atoms with E-state index in [1.165, 1.54) is 6.42 Å². The highest BCUT2D eigenvalue weighted by molar-refractivity contribution is 4.53. The van der Waals surface area contributed by atoms with Gasteiger partial charge in [0.15, 0.2) is 0 Å². The number of ether oxygens (including phenoxy) is 2. The second-order valence-electron chi connectivity index (χ2n) is 3.66. The molecule has 0 aromatic rings. The molecule has 0 spiro atoms. The van der Waals surface area contributed by atoms with Crippen LogP contribution in [-0.2, 0) is 9.47 Å². The Labute approximate surface area is 93.9 Å². The van der Waals surface area contributed by atoms with Crippen LogP contribution >= 0.6 is 0 Å². The molecule has 0 aliphatic rings. The second-order valence-corrected chi connectivity index (χ2v) is 3.66. The summed E-state index contributed by atoms with van der Waals surface area (Å²) >= 11 is 0. The van der Waals surface area contributed by atoms with Crippen molar-refractivity contribution in [1.29, 1.82) is 0 Å². The summed E-state index contributed by atoms with van der Waals surface area (Å²) in [7, 11) is 3.81. The summed E-state index contributed by atoms with van der Waals surface area (Å²) in [4.78, 5) is 2.27. The Hall–Kier alpha value is -0.160. The monoisotopic (exact) mass is 218 g/mol. The molecule has 0 saturated heterocycles. The highest BCUT2D eigenvalue weighted by Crippen LogP contribution is 1.83. The fourth-order valence-corrected chi connectivity index (χ4v) is 1.15. The van der Waals surface area contributed by atoms with Crippen LogP contribution in [0.4, 0.5) is 0 Å². The van der Waals surface area contributed by atoms with Crippen LogP contribution in [0.15, 0.2) is 0 Å². The van der Waals surface area contributed by atoms with Gasteiger partial charge in [-0.25, -0.2) is 0 Å². The van der Waals surface area contributed by atoms with Crippen LogP contribution in [-0.4, -0.2) is 65.1 Å². The van der Waals surface area contributed by atoms with Gasteiger partial charge < -0.3 is 19.7 Å². The Morgan fingerprint density at radius 1 is 1.07 bits per heavy atom. The lowest BCUT2D eigenvalue weighted by molar-refractivity contribution is 0.0607. The van der Waals surface area contributed by atoms with Crippen molar-refractivity contribution in [3.05, 3.63) is 0 Å². The zero-order valence-electron chi connectivity index (χ0n) is 10.4. The van der Waals surface area contributed by atoms with Crippen LogP contribution in [0.1, 0.15) is 13.3 Å². The van der Waals surface area contributed by atoms with Crippen molar-refractivity contribution in [3.8, 4) is 0 Å². The lowest BCUT2D eigenvalue weighted by Crippen LogP contribution is -2.32. The van der Waals surface area contributed by atoms with E-state index in [2.05, 4.69) is 24.2 Å². The Kier molecular flexibility index (Phi) is 11.8. The van der Waals surface area contributed by atoms with Crippen LogP contribution in [0.5, 0.6) is 0 Å². The van der Waals surface area contributed by atoms with Gasteiger partial charge >= 0.3 is 0 Å². The predicted octanol–water partition coefficient (Wildman–Crippen LogP) is 0.581. The molecule has 0 aromatic carbocycles. The molecule has 0 aromatic heterocycles. The van der Waals surface area contributed by atoms with Gasteiger partial charge in [-0.1, -0.05) is 6.92 Å². The van der Waals surface area contributed by atoms with Gasteiger partial charge in [-0.2, -0.15) is 0 Å². The maximum absolute atomic E-state index is 5.39. The molecule has 0 aliphatic carbocycles. The molecule has 92 valence electrons. The molecule has 0 amide bonds. The highest BCUT2D eigenvalue weighted by Gasteiger charge is 1.97. The first-order chi connectivity index (χ1) is 7.31. The number of methoxy groups -OCH3 is 1. The van der Waals surface area contributed by atoms with Gasteiger partial charge in [0.25, 0.3) is 0 Å². The van der Waals surface area contributed by atoms with Gasteiger partial charge in [0.05, 0.1) is 19.8 Å². The van der Waals surface area contributed by atoms with E-state index in [1.807, 2.05) is 0 Å². The largest absolute Gasteiger partial charge is 0.382 e. The highest BCUT2D eigenvalue weighted by atomic mass is 16.5. The summed E-state index contributed by atoms with van der Waals surface area (Å²) in [6.45, 7) is 8.57. The minimum Gasteiger partial charge on any atom is -0.382 e. The van der Waals surface area contributed by atoms with Gasteiger partial charge in [0, 0.05) is 26.7 Å². The third-order valence-electron chi connectivity index (χ3n) is 2.15. The van der Waals surface area contributed by atoms with Crippen LogP contribution in [0.2, 0.25) is 0 Å². The summed E-state index contributed by atoms with van der Waals surface area (Å²) in [5, 5.41) is 3.37. The topological polar surface area (TPSA) is 33.7 Å². The van der Waals surface area contributed by atoms with Crippen molar-refractivity contribution in [3.63, 3.8) is 0 Å². The third kappa shape index (κ3) is 11.8. The summed E-state index contributed by atoms with van der Waals surface area (Å²) < 4.78 is 10.3. The Morgan fingerprint density at radius 2 is 1.87 bits per heavy atom. The van der Waals surface area contributed by atoms with Gasteiger partial charge in [0.1, 0.15) is 0 Å². The summed E-state index contributed by atoms with van der Waals surface area (Å²) in [5.74, 6) is 0. The number of hydrogen-bond acceptors (Lipinski definition) is 4. The third-order valence-corrected chi connectivity index (χ3v) is 2.15. The van der Waals surface area contributed by atoms with Crippen molar-refractivity contribution in [1.82, 2.24) is 10.2 Å². The van der Waals surface area contributed by atoms with Gasteiger partial charge in [-0.15, -0.1) is 0 Å². The van der Waals surface area contributed by atoms with Crippen molar-refractivity contribution < 1.29 is 9.47 Å². The number of likely N-dealkylation sites (N-methyl/N-ethyl adjacent to an activating group) is 1. The lowest BCUT2D eigenvalue weighted by atomic mass is 10.4. The molecule has 0 fully saturated rings. The molecular weight excluding hydrogens is 192 g/mol. The zero-order valence-corrected chi connectivity index (χ0v) is 10.4. The minimum absolute atomic E-state index is 0.682. The number of nitrogens with one attached hydrogen (secondary N) is 1. The molecule has 0 rings (SSSR count). The van der Waals surface area contributed by atoms with Crippen LogP contribution in [0.25, 0.3) is 0 Å². The van der Waals surface area contributed by atoms with E-state index in [0.29, 0.717) is 13.2 Å².